The Morgan fingerprint density at radius 2 is 1.78 bits per heavy atom. The lowest BCUT2D eigenvalue weighted by atomic mass is 9.86. The molecular formula is C19H25FN2O. The number of benzene rings is 1. The van der Waals surface area contributed by atoms with Crippen molar-refractivity contribution in [1.82, 2.24) is 10.3 Å². The van der Waals surface area contributed by atoms with Gasteiger partial charge in [-0.15, -0.1) is 0 Å². The second kappa shape index (κ2) is 7.20. The molecule has 2 rings (SSSR count). The van der Waals surface area contributed by atoms with Crippen LogP contribution in [0.2, 0.25) is 0 Å². The van der Waals surface area contributed by atoms with Crippen molar-refractivity contribution in [3.8, 4) is 0 Å². The van der Waals surface area contributed by atoms with Crippen LogP contribution in [0, 0.1) is 5.82 Å². The van der Waals surface area contributed by atoms with E-state index in [0.717, 1.165) is 11.1 Å². The Labute approximate surface area is 137 Å². The summed E-state index contributed by atoms with van der Waals surface area (Å²) in [5.41, 5.74) is 2.97. The number of nitrogens with zero attached hydrogens (tertiary/aromatic N) is 1. The number of aliphatic hydroxyl groups excluding tert-OH is 1. The molecule has 1 aromatic heterocycles. The topological polar surface area (TPSA) is 45.1 Å². The Bertz CT molecular complexity index is 635. The van der Waals surface area contributed by atoms with Gasteiger partial charge in [-0.05, 0) is 35.1 Å². The number of halogens is 1. The third kappa shape index (κ3) is 4.85. The van der Waals surface area contributed by atoms with Gasteiger partial charge in [0.2, 0.25) is 0 Å². The fourth-order valence-electron chi connectivity index (χ4n) is 2.39. The van der Waals surface area contributed by atoms with Gasteiger partial charge in [0.05, 0.1) is 12.3 Å². The van der Waals surface area contributed by atoms with E-state index < -0.39 is 6.10 Å². The van der Waals surface area contributed by atoms with Gasteiger partial charge in [-0.1, -0.05) is 45.0 Å². The SMILES string of the molecule is CC(NCC(O)c1ccc(C(C)(C)C)cc1)c1cncc(F)c1. The molecule has 2 N–H and O–H groups in total. The van der Waals surface area contributed by atoms with Gasteiger partial charge in [-0.3, -0.25) is 4.98 Å². The molecule has 0 spiro atoms. The molecule has 0 radical (unpaired) electrons. The van der Waals surface area contributed by atoms with Gasteiger partial charge in [-0.2, -0.15) is 0 Å². The highest BCUT2D eigenvalue weighted by Crippen LogP contribution is 2.24. The minimum Gasteiger partial charge on any atom is -0.387 e. The van der Waals surface area contributed by atoms with Gasteiger partial charge < -0.3 is 10.4 Å². The summed E-state index contributed by atoms with van der Waals surface area (Å²) in [6, 6.07) is 9.40. The molecule has 0 bridgehead atoms. The number of hydrogen-bond acceptors (Lipinski definition) is 3. The van der Waals surface area contributed by atoms with Crippen LogP contribution in [0.4, 0.5) is 4.39 Å². The Morgan fingerprint density at radius 1 is 1.13 bits per heavy atom. The summed E-state index contributed by atoms with van der Waals surface area (Å²) in [4.78, 5) is 3.85. The Hall–Kier alpha value is -1.78. The molecule has 0 aliphatic heterocycles. The first-order valence-corrected chi connectivity index (χ1v) is 7.89. The lowest BCUT2D eigenvalue weighted by Gasteiger charge is -2.21. The Kier molecular flexibility index (Phi) is 5.50. The van der Waals surface area contributed by atoms with Gasteiger partial charge in [0.25, 0.3) is 0 Å². The largest absolute Gasteiger partial charge is 0.387 e. The third-order valence-electron chi connectivity index (χ3n) is 4.00. The van der Waals surface area contributed by atoms with Crippen LogP contribution >= 0.6 is 0 Å². The minimum absolute atomic E-state index is 0.0818. The maximum Gasteiger partial charge on any atom is 0.141 e. The normalized spacial score (nSPS) is 14.5. The molecule has 23 heavy (non-hydrogen) atoms. The average molecular weight is 316 g/mol. The van der Waals surface area contributed by atoms with Crippen LogP contribution in [-0.4, -0.2) is 16.6 Å². The van der Waals surface area contributed by atoms with E-state index in [2.05, 4.69) is 43.2 Å². The van der Waals surface area contributed by atoms with Crippen molar-refractivity contribution in [2.24, 2.45) is 0 Å². The van der Waals surface area contributed by atoms with E-state index in [1.165, 1.54) is 17.8 Å². The maximum atomic E-state index is 13.2. The first-order valence-electron chi connectivity index (χ1n) is 7.89. The quantitative estimate of drug-likeness (QED) is 0.879. The van der Waals surface area contributed by atoms with E-state index in [0.29, 0.717) is 6.54 Å². The molecular weight excluding hydrogens is 291 g/mol. The molecule has 2 unspecified atom stereocenters. The second-order valence-electron chi connectivity index (χ2n) is 6.95. The van der Waals surface area contributed by atoms with Crippen molar-refractivity contribution in [2.45, 2.75) is 45.3 Å². The highest BCUT2D eigenvalue weighted by molar-refractivity contribution is 5.28. The van der Waals surface area contributed by atoms with Crippen LogP contribution in [0.1, 0.15) is 56.5 Å². The summed E-state index contributed by atoms with van der Waals surface area (Å²) in [6.07, 6.45) is 2.21. The van der Waals surface area contributed by atoms with Crippen molar-refractivity contribution in [2.75, 3.05) is 6.54 Å². The molecule has 0 amide bonds. The molecule has 124 valence electrons. The number of pyridine rings is 1. The molecule has 2 atom stereocenters. The molecule has 0 aliphatic rings. The number of aliphatic hydroxyl groups is 1. The third-order valence-corrected chi connectivity index (χ3v) is 4.00. The lowest BCUT2D eigenvalue weighted by molar-refractivity contribution is 0.170. The zero-order chi connectivity index (χ0) is 17.0. The van der Waals surface area contributed by atoms with E-state index >= 15 is 0 Å². The minimum atomic E-state index is -0.604. The van der Waals surface area contributed by atoms with Crippen LogP contribution in [0.5, 0.6) is 0 Å². The van der Waals surface area contributed by atoms with Gasteiger partial charge in [-0.25, -0.2) is 4.39 Å². The van der Waals surface area contributed by atoms with Gasteiger partial charge in [0.1, 0.15) is 5.82 Å². The standard InChI is InChI=1S/C19H25FN2O/c1-13(15-9-17(20)11-21-10-15)22-12-18(23)14-5-7-16(8-6-14)19(2,3)4/h5-11,13,18,22-23H,12H2,1-4H3. The fraction of sp³-hybridized carbons (Fsp3) is 0.421. The van der Waals surface area contributed by atoms with Crippen molar-refractivity contribution in [3.63, 3.8) is 0 Å². The van der Waals surface area contributed by atoms with Crippen LogP contribution < -0.4 is 5.32 Å². The van der Waals surface area contributed by atoms with Gasteiger partial charge in [0.15, 0.2) is 0 Å². The Balaban J connectivity index is 1.95. The van der Waals surface area contributed by atoms with E-state index in [1.807, 2.05) is 19.1 Å². The first kappa shape index (κ1) is 17.6. The summed E-state index contributed by atoms with van der Waals surface area (Å²) in [5, 5.41) is 13.5. The monoisotopic (exact) mass is 316 g/mol. The van der Waals surface area contributed by atoms with Gasteiger partial charge >= 0.3 is 0 Å². The second-order valence-corrected chi connectivity index (χ2v) is 6.95. The van der Waals surface area contributed by atoms with Crippen LogP contribution in [0.25, 0.3) is 0 Å². The maximum absolute atomic E-state index is 13.2. The van der Waals surface area contributed by atoms with Crippen LogP contribution in [-0.2, 0) is 5.41 Å². The molecule has 0 saturated heterocycles. The summed E-state index contributed by atoms with van der Waals surface area (Å²) in [7, 11) is 0. The number of aromatic nitrogens is 1. The van der Waals surface area contributed by atoms with Gasteiger partial charge in [0, 0.05) is 18.8 Å². The predicted octanol–water partition coefficient (Wildman–Crippen LogP) is 3.90. The molecule has 0 aliphatic carbocycles. The zero-order valence-electron chi connectivity index (χ0n) is 14.2. The van der Waals surface area contributed by atoms with E-state index in [4.69, 9.17) is 0 Å². The van der Waals surface area contributed by atoms with Crippen molar-refractivity contribution >= 4 is 0 Å². The van der Waals surface area contributed by atoms with Crippen molar-refractivity contribution in [1.29, 1.82) is 0 Å². The number of rotatable bonds is 5. The predicted molar refractivity (Wildman–Crippen MR) is 90.7 cm³/mol. The molecule has 0 fully saturated rings. The van der Waals surface area contributed by atoms with Crippen LogP contribution in [0.15, 0.2) is 42.7 Å². The van der Waals surface area contributed by atoms with Crippen molar-refractivity contribution in [3.05, 3.63) is 65.2 Å². The van der Waals surface area contributed by atoms with Crippen molar-refractivity contribution < 1.29 is 9.50 Å². The number of nitrogens with one attached hydrogen (secondary N) is 1. The summed E-state index contributed by atoms with van der Waals surface area (Å²) in [5.74, 6) is -0.352. The highest BCUT2D eigenvalue weighted by atomic mass is 19.1. The molecule has 1 heterocycles. The van der Waals surface area contributed by atoms with E-state index in [-0.39, 0.29) is 17.3 Å². The highest BCUT2D eigenvalue weighted by Gasteiger charge is 2.15. The molecule has 3 nitrogen and oxygen atoms in total. The zero-order valence-corrected chi connectivity index (χ0v) is 14.2. The summed E-state index contributed by atoms with van der Waals surface area (Å²) in [6.45, 7) is 8.80. The molecule has 1 aromatic carbocycles. The first-order chi connectivity index (χ1) is 10.8. The fourth-order valence-corrected chi connectivity index (χ4v) is 2.39. The summed E-state index contributed by atoms with van der Waals surface area (Å²) < 4.78 is 13.2. The van der Waals surface area contributed by atoms with Crippen LogP contribution in [0.3, 0.4) is 0 Å². The average Bonchev–Trinajstić information content (AvgIpc) is 2.51. The lowest BCUT2D eigenvalue weighted by Crippen LogP contribution is -2.25. The number of hydrogen-bond donors (Lipinski definition) is 2. The molecule has 0 saturated carbocycles. The Morgan fingerprint density at radius 3 is 2.35 bits per heavy atom. The smallest absolute Gasteiger partial charge is 0.141 e. The summed E-state index contributed by atoms with van der Waals surface area (Å²) >= 11 is 0. The van der Waals surface area contributed by atoms with E-state index in [1.54, 1.807) is 6.20 Å². The van der Waals surface area contributed by atoms with E-state index in [9.17, 15) is 9.50 Å². The molecule has 2 aromatic rings. The molecule has 4 heteroatoms.